The zero-order valence-electron chi connectivity index (χ0n) is 18.7. The van der Waals surface area contributed by atoms with Crippen molar-refractivity contribution in [1.82, 2.24) is 9.55 Å². The second kappa shape index (κ2) is 9.87. The Hall–Kier alpha value is -3.65. The number of benzene rings is 2. The van der Waals surface area contributed by atoms with Crippen LogP contribution < -0.4 is 20.3 Å². The largest absolute Gasteiger partial charge is 0.494 e. The number of nitrogens with one attached hydrogen (secondary N) is 1. The molecule has 2 heterocycles. The minimum absolute atomic E-state index is 0.0735. The number of nitrogens with zero attached hydrogens (tertiary/aromatic N) is 2. The van der Waals surface area contributed by atoms with E-state index >= 15 is 0 Å². The number of rotatable bonds is 8. The fourth-order valence-corrected chi connectivity index (χ4v) is 4.34. The van der Waals surface area contributed by atoms with Crippen molar-refractivity contribution in [3.05, 3.63) is 70.6 Å². The molecule has 0 spiro atoms. The van der Waals surface area contributed by atoms with Crippen molar-refractivity contribution in [1.29, 1.82) is 0 Å². The minimum Gasteiger partial charge on any atom is -0.494 e. The van der Waals surface area contributed by atoms with Gasteiger partial charge in [0.2, 0.25) is 5.91 Å². The van der Waals surface area contributed by atoms with Gasteiger partial charge >= 0.3 is 0 Å². The molecule has 0 fully saturated rings. The van der Waals surface area contributed by atoms with Gasteiger partial charge in [0.05, 0.1) is 24.4 Å². The fraction of sp³-hybridized carbons (Fsp3) is 0.240. The molecule has 2 aromatic carbocycles. The third kappa shape index (κ3) is 5.23. The van der Waals surface area contributed by atoms with Gasteiger partial charge in [-0.15, -0.1) is 11.3 Å². The molecule has 8 heteroatoms. The smallest absolute Gasteiger partial charge is 0.263 e. The van der Waals surface area contributed by atoms with Crippen molar-refractivity contribution < 1.29 is 14.3 Å². The van der Waals surface area contributed by atoms with Gasteiger partial charge in [-0.25, -0.2) is 4.98 Å². The van der Waals surface area contributed by atoms with Crippen LogP contribution in [0.5, 0.6) is 11.5 Å². The summed E-state index contributed by atoms with van der Waals surface area (Å²) in [5, 5.41) is 5.24. The summed E-state index contributed by atoms with van der Waals surface area (Å²) in [7, 11) is 0. The van der Waals surface area contributed by atoms with Gasteiger partial charge in [0.15, 0.2) is 0 Å². The van der Waals surface area contributed by atoms with E-state index in [1.807, 2.05) is 50.4 Å². The van der Waals surface area contributed by atoms with Gasteiger partial charge in [0.25, 0.3) is 5.56 Å². The number of anilines is 1. The van der Waals surface area contributed by atoms with Crippen LogP contribution in [0.3, 0.4) is 0 Å². The van der Waals surface area contributed by atoms with Crippen molar-refractivity contribution in [3.8, 4) is 22.6 Å². The normalized spacial score (nSPS) is 11.0. The van der Waals surface area contributed by atoms with E-state index in [0.717, 1.165) is 22.6 Å². The Balaban J connectivity index is 1.53. The van der Waals surface area contributed by atoms with Crippen molar-refractivity contribution in [2.75, 3.05) is 11.9 Å². The van der Waals surface area contributed by atoms with Crippen LogP contribution in [0.1, 0.15) is 20.8 Å². The van der Waals surface area contributed by atoms with Crippen LogP contribution in [0, 0.1) is 0 Å². The van der Waals surface area contributed by atoms with Gasteiger partial charge in [-0.3, -0.25) is 14.2 Å². The highest BCUT2D eigenvalue weighted by atomic mass is 32.1. The molecule has 0 saturated heterocycles. The van der Waals surface area contributed by atoms with Crippen LogP contribution in [-0.4, -0.2) is 28.2 Å². The van der Waals surface area contributed by atoms with Crippen molar-refractivity contribution in [2.24, 2.45) is 0 Å². The van der Waals surface area contributed by atoms with E-state index < -0.39 is 0 Å². The monoisotopic (exact) mass is 463 g/mol. The lowest BCUT2D eigenvalue weighted by molar-refractivity contribution is -0.116. The van der Waals surface area contributed by atoms with E-state index in [2.05, 4.69) is 10.3 Å². The number of hydrogen-bond donors (Lipinski definition) is 1. The quantitative estimate of drug-likeness (QED) is 0.400. The molecule has 2 aromatic heterocycles. The summed E-state index contributed by atoms with van der Waals surface area (Å²) in [5.74, 6) is 1.19. The van der Waals surface area contributed by atoms with Crippen molar-refractivity contribution >= 4 is 33.1 Å². The first-order chi connectivity index (χ1) is 15.9. The summed E-state index contributed by atoms with van der Waals surface area (Å²) in [6, 6.07) is 14.7. The zero-order chi connectivity index (χ0) is 23.4. The first-order valence-electron chi connectivity index (χ1n) is 10.7. The Morgan fingerprint density at radius 1 is 1.09 bits per heavy atom. The molecule has 170 valence electrons. The molecule has 33 heavy (non-hydrogen) atoms. The standard InChI is InChI=1S/C25H25N3O4S/c1-4-31-19-9-5-17(6-10-19)21-14-33-24-23(21)25(30)28(15-26-24)13-22(29)27-18-7-11-20(12-8-18)32-16(2)3/h5-12,14-16H,4,13H2,1-3H3,(H,27,29). The summed E-state index contributed by atoms with van der Waals surface area (Å²) in [5.41, 5.74) is 2.07. The predicted octanol–water partition coefficient (Wildman–Crippen LogP) is 4.95. The van der Waals surface area contributed by atoms with Crippen LogP contribution >= 0.6 is 11.3 Å². The molecule has 0 aliphatic carbocycles. The summed E-state index contributed by atoms with van der Waals surface area (Å²) in [6.07, 6.45) is 1.49. The number of ether oxygens (including phenoxy) is 2. The fourth-order valence-electron chi connectivity index (χ4n) is 3.43. The highest BCUT2D eigenvalue weighted by molar-refractivity contribution is 7.17. The molecule has 0 aliphatic heterocycles. The average molecular weight is 464 g/mol. The first-order valence-corrected chi connectivity index (χ1v) is 11.6. The van der Waals surface area contributed by atoms with Gasteiger partial charge in [0.1, 0.15) is 22.9 Å². The third-order valence-electron chi connectivity index (χ3n) is 4.86. The lowest BCUT2D eigenvalue weighted by atomic mass is 10.1. The first kappa shape index (κ1) is 22.5. The Labute approximate surface area is 195 Å². The van der Waals surface area contributed by atoms with Crippen LogP contribution in [0.15, 0.2) is 65.0 Å². The van der Waals surface area contributed by atoms with Gasteiger partial charge < -0.3 is 14.8 Å². The molecule has 0 saturated carbocycles. The van der Waals surface area contributed by atoms with Gasteiger partial charge in [-0.1, -0.05) is 12.1 Å². The highest BCUT2D eigenvalue weighted by Gasteiger charge is 2.15. The Morgan fingerprint density at radius 2 is 1.79 bits per heavy atom. The third-order valence-corrected chi connectivity index (χ3v) is 5.75. The van der Waals surface area contributed by atoms with E-state index in [1.54, 1.807) is 24.3 Å². The Bertz CT molecular complexity index is 1310. The van der Waals surface area contributed by atoms with Crippen LogP contribution in [0.25, 0.3) is 21.3 Å². The SMILES string of the molecule is CCOc1ccc(-c2csc3ncn(CC(=O)Nc4ccc(OC(C)C)cc4)c(=O)c23)cc1. The molecule has 1 N–H and O–H groups in total. The van der Waals surface area contributed by atoms with Crippen molar-refractivity contribution in [3.63, 3.8) is 0 Å². The summed E-state index contributed by atoms with van der Waals surface area (Å²) < 4.78 is 12.4. The number of carbonyl (C=O) groups is 1. The Kier molecular flexibility index (Phi) is 6.74. The lowest BCUT2D eigenvalue weighted by Gasteiger charge is -2.11. The number of hydrogen-bond acceptors (Lipinski definition) is 6. The summed E-state index contributed by atoms with van der Waals surface area (Å²) in [6.45, 7) is 6.29. The molecule has 0 unspecified atom stereocenters. The van der Waals surface area contributed by atoms with Gasteiger partial charge in [0, 0.05) is 16.6 Å². The molecule has 1 amide bonds. The molecular weight excluding hydrogens is 438 g/mol. The molecule has 0 bridgehead atoms. The maximum Gasteiger partial charge on any atom is 0.263 e. The molecule has 0 radical (unpaired) electrons. The number of fused-ring (bicyclic) bond motifs is 1. The summed E-state index contributed by atoms with van der Waals surface area (Å²) in [4.78, 5) is 30.8. The van der Waals surface area contributed by atoms with Crippen LogP contribution in [0.2, 0.25) is 0 Å². The Morgan fingerprint density at radius 3 is 2.45 bits per heavy atom. The number of amides is 1. The second-order valence-electron chi connectivity index (χ2n) is 7.70. The number of aromatic nitrogens is 2. The lowest BCUT2D eigenvalue weighted by Crippen LogP contribution is -2.27. The van der Waals surface area contributed by atoms with E-state index in [4.69, 9.17) is 9.47 Å². The molecule has 0 atom stereocenters. The highest BCUT2D eigenvalue weighted by Crippen LogP contribution is 2.31. The van der Waals surface area contributed by atoms with Crippen molar-refractivity contribution in [2.45, 2.75) is 33.4 Å². The topological polar surface area (TPSA) is 82.5 Å². The van der Waals surface area contributed by atoms with E-state index in [0.29, 0.717) is 22.5 Å². The van der Waals surface area contributed by atoms with Crippen LogP contribution in [-0.2, 0) is 11.3 Å². The molecule has 4 aromatic rings. The van der Waals surface area contributed by atoms with Gasteiger partial charge in [-0.05, 0) is 62.7 Å². The maximum absolute atomic E-state index is 13.2. The summed E-state index contributed by atoms with van der Waals surface area (Å²) >= 11 is 1.40. The molecule has 0 aliphatic rings. The van der Waals surface area contributed by atoms with E-state index in [1.165, 1.54) is 22.2 Å². The molecule has 4 rings (SSSR count). The minimum atomic E-state index is -0.311. The number of thiophene rings is 1. The van der Waals surface area contributed by atoms with Gasteiger partial charge in [-0.2, -0.15) is 0 Å². The number of carbonyl (C=O) groups excluding carboxylic acids is 1. The predicted molar refractivity (Wildman–Crippen MR) is 131 cm³/mol. The van der Waals surface area contributed by atoms with E-state index in [9.17, 15) is 9.59 Å². The second-order valence-corrected chi connectivity index (χ2v) is 8.56. The molecule has 7 nitrogen and oxygen atoms in total. The average Bonchev–Trinajstić information content (AvgIpc) is 3.22. The van der Waals surface area contributed by atoms with E-state index in [-0.39, 0.29) is 24.1 Å². The maximum atomic E-state index is 13.2. The van der Waals surface area contributed by atoms with Crippen LogP contribution in [0.4, 0.5) is 5.69 Å². The molecular formula is C25H25N3O4S. The zero-order valence-corrected chi connectivity index (χ0v) is 19.5.